The molecular weight excluding hydrogens is 368 g/mol. The van der Waals surface area contributed by atoms with Crippen LogP contribution in [-0.2, 0) is 11.3 Å². The first-order valence-corrected chi connectivity index (χ1v) is 11.4. The average Bonchev–Trinajstić information content (AvgIpc) is 3.09. The molecule has 3 atom stereocenters. The highest BCUT2D eigenvalue weighted by Gasteiger charge is 2.32. The first-order valence-electron chi connectivity index (χ1n) is 10.6. The van der Waals surface area contributed by atoms with Crippen molar-refractivity contribution in [1.82, 2.24) is 19.7 Å². The van der Waals surface area contributed by atoms with Gasteiger partial charge in [-0.25, -0.2) is 4.98 Å². The summed E-state index contributed by atoms with van der Waals surface area (Å²) in [6.45, 7) is 13.3. The molecule has 0 radical (unpaired) electrons. The lowest BCUT2D eigenvalue weighted by molar-refractivity contribution is -0.139. The summed E-state index contributed by atoms with van der Waals surface area (Å²) in [4.78, 5) is 24.7. The molecule has 3 heterocycles. The van der Waals surface area contributed by atoms with Gasteiger partial charge in [0, 0.05) is 39.3 Å². The van der Waals surface area contributed by atoms with E-state index < -0.39 is 0 Å². The number of aromatic nitrogens is 1. The summed E-state index contributed by atoms with van der Waals surface area (Å²) in [5.74, 6) is 1.55. The molecule has 152 valence electrons. The van der Waals surface area contributed by atoms with Crippen LogP contribution in [0.5, 0.6) is 0 Å². The van der Waals surface area contributed by atoms with Crippen molar-refractivity contribution in [3.8, 4) is 0 Å². The topological polar surface area (TPSA) is 39.7 Å². The summed E-state index contributed by atoms with van der Waals surface area (Å²) >= 11 is 1.79. The van der Waals surface area contributed by atoms with Crippen LogP contribution in [0.1, 0.15) is 32.2 Å². The number of piperazine rings is 1. The Bertz CT molecular complexity index is 771. The van der Waals surface area contributed by atoms with Crippen molar-refractivity contribution in [2.75, 3.05) is 39.3 Å². The largest absolute Gasteiger partial charge is 0.341 e. The van der Waals surface area contributed by atoms with Crippen molar-refractivity contribution < 1.29 is 4.79 Å². The normalized spacial score (nSPS) is 25.9. The molecule has 4 rings (SSSR count). The van der Waals surface area contributed by atoms with Gasteiger partial charge in [0.1, 0.15) is 5.01 Å². The molecule has 2 aliphatic rings. The summed E-state index contributed by atoms with van der Waals surface area (Å²) in [6, 6.07) is 8.34. The number of hydrogen-bond acceptors (Lipinski definition) is 5. The van der Waals surface area contributed by atoms with E-state index in [2.05, 4.69) is 53.7 Å². The van der Waals surface area contributed by atoms with E-state index in [-0.39, 0.29) is 6.04 Å². The van der Waals surface area contributed by atoms with Gasteiger partial charge in [-0.3, -0.25) is 14.6 Å². The molecule has 2 saturated heterocycles. The van der Waals surface area contributed by atoms with E-state index in [1.807, 2.05) is 6.07 Å². The minimum atomic E-state index is -0.0119. The number of para-hydroxylation sites is 1. The lowest BCUT2D eigenvalue weighted by atomic mass is 9.91. The Labute approximate surface area is 172 Å². The molecule has 1 aromatic heterocycles. The minimum Gasteiger partial charge on any atom is -0.341 e. The van der Waals surface area contributed by atoms with Crippen LogP contribution < -0.4 is 0 Å². The second kappa shape index (κ2) is 8.47. The van der Waals surface area contributed by atoms with Crippen LogP contribution in [0, 0.1) is 11.8 Å². The molecular formula is C22H32N4OS. The van der Waals surface area contributed by atoms with Crippen molar-refractivity contribution in [3.63, 3.8) is 0 Å². The van der Waals surface area contributed by atoms with Gasteiger partial charge in [-0.05, 0) is 37.3 Å². The van der Waals surface area contributed by atoms with Crippen LogP contribution in [0.3, 0.4) is 0 Å². The number of fused-ring (bicyclic) bond motifs is 1. The maximum absolute atomic E-state index is 13.0. The van der Waals surface area contributed by atoms with Crippen LogP contribution in [0.2, 0.25) is 0 Å². The van der Waals surface area contributed by atoms with Crippen molar-refractivity contribution in [2.24, 2.45) is 11.8 Å². The highest BCUT2D eigenvalue weighted by Crippen LogP contribution is 2.24. The maximum atomic E-state index is 13.0. The van der Waals surface area contributed by atoms with Gasteiger partial charge in [-0.1, -0.05) is 26.0 Å². The molecule has 2 aliphatic heterocycles. The standard InChI is InChI=1S/C22H32N4OS/c1-16-12-17(2)14-26(13-16)22(27)18(3)25-10-8-24(9-11-25)15-21-23-19-6-4-5-7-20(19)28-21/h4-7,16-18H,8-15H2,1-3H3/t16-,17-,18+/m0/s1. The van der Waals surface area contributed by atoms with Gasteiger partial charge in [0.25, 0.3) is 0 Å². The molecule has 0 aliphatic carbocycles. The van der Waals surface area contributed by atoms with Gasteiger partial charge in [0.05, 0.1) is 22.8 Å². The lowest BCUT2D eigenvalue weighted by Gasteiger charge is -2.41. The summed E-state index contributed by atoms with van der Waals surface area (Å²) in [5.41, 5.74) is 1.10. The molecule has 1 aromatic carbocycles. The Hall–Kier alpha value is -1.50. The van der Waals surface area contributed by atoms with Crippen LogP contribution in [0.25, 0.3) is 10.2 Å². The lowest BCUT2D eigenvalue weighted by Crippen LogP contribution is -2.56. The number of amides is 1. The summed E-state index contributed by atoms with van der Waals surface area (Å²) < 4.78 is 1.26. The van der Waals surface area contributed by atoms with E-state index in [1.54, 1.807) is 11.3 Å². The van der Waals surface area contributed by atoms with E-state index in [0.717, 1.165) is 51.3 Å². The highest BCUT2D eigenvalue weighted by molar-refractivity contribution is 7.18. The molecule has 0 spiro atoms. The molecule has 28 heavy (non-hydrogen) atoms. The van der Waals surface area contributed by atoms with Gasteiger partial charge < -0.3 is 4.90 Å². The second-order valence-electron chi connectivity index (χ2n) is 8.75. The van der Waals surface area contributed by atoms with Crippen LogP contribution in [0.4, 0.5) is 0 Å². The average molecular weight is 401 g/mol. The molecule has 0 bridgehead atoms. The summed E-state index contributed by atoms with van der Waals surface area (Å²) in [6.07, 6.45) is 1.24. The molecule has 0 saturated carbocycles. The predicted molar refractivity (Wildman–Crippen MR) is 115 cm³/mol. The molecule has 1 amide bonds. The van der Waals surface area contributed by atoms with Crippen molar-refractivity contribution in [1.29, 1.82) is 0 Å². The highest BCUT2D eigenvalue weighted by atomic mass is 32.1. The number of hydrogen-bond donors (Lipinski definition) is 0. The number of rotatable bonds is 4. The Morgan fingerprint density at radius 2 is 1.82 bits per heavy atom. The van der Waals surface area contributed by atoms with E-state index in [0.29, 0.717) is 17.7 Å². The van der Waals surface area contributed by atoms with E-state index in [1.165, 1.54) is 16.1 Å². The van der Waals surface area contributed by atoms with E-state index in [9.17, 15) is 4.79 Å². The summed E-state index contributed by atoms with van der Waals surface area (Å²) in [5, 5.41) is 1.19. The molecule has 6 heteroatoms. The van der Waals surface area contributed by atoms with Crippen LogP contribution in [-0.4, -0.2) is 70.9 Å². The Balaban J connectivity index is 1.30. The van der Waals surface area contributed by atoms with Crippen molar-refractivity contribution in [2.45, 2.75) is 39.8 Å². The van der Waals surface area contributed by atoms with Gasteiger partial charge in [0.2, 0.25) is 5.91 Å². The van der Waals surface area contributed by atoms with Crippen LogP contribution >= 0.6 is 11.3 Å². The monoisotopic (exact) mass is 400 g/mol. The smallest absolute Gasteiger partial charge is 0.239 e. The van der Waals surface area contributed by atoms with Crippen molar-refractivity contribution in [3.05, 3.63) is 29.3 Å². The predicted octanol–water partition coefficient (Wildman–Crippen LogP) is 3.31. The van der Waals surface area contributed by atoms with Gasteiger partial charge >= 0.3 is 0 Å². The third-order valence-electron chi connectivity index (χ3n) is 6.19. The Kier molecular flexibility index (Phi) is 5.99. The minimum absolute atomic E-state index is 0.0119. The number of nitrogens with zero attached hydrogens (tertiary/aromatic N) is 4. The van der Waals surface area contributed by atoms with Crippen molar-refractivity contribution >= 4 is 27.5 Å². The maximum Gasteiger partial charge on any atom is 0.239 e. The number of carbonyl (C=O) groups is 1. The number of benzene rings is 1. The third-order valence-corrected chi connectivity index (χ3v) is 7.21. The zero-order valence-corrected chi connectivity index (χ0v) is 18.1. The van der Waals surface area contributed by atoms with E-state index in [4.69, 9.17) is 4.98 Å². The molecule has 2 aromatic rings. The first kappa shape index (κ1) is 19.8. The number of likely N-dealkylation sites (tertiary alicyclic amines) is 1. The van der Waals surface area contributed by atoms with E-state index >= 15 is 0 Å². The Morgan fingerprint density at radius 1 is 1.14 bits per heavy atom. The quantitative estimate of drug-likeness (QED) is 0.789. The number of thiazole rings is 1. The Morgan fingerprint density at radius 3 is 2.50 bits per heavy atom. The zero-order valence-electron chi connectivity index (χ0n) is 17.3. The third kappa shape index (κ3) is 4.39. The fraction of sp³-hybridized carbons (Fsp3) is 0.636. The fourth-order valence-electron chi connectivity index (χ4n) is 4.75. The van der Waals surface area contributed by atoms with Gasteiger partial charge in [-0.15, -0.1) is 11.3 Å². The number of carbonyl (C=O) groups excluding carboxylic acids is 1. The van der Waals surface area contributed by atoms with Crippen LogP contribution in [0.15, 0.2) is 24.3 Å². The fourth-order valence-corrected chi connectivity index (χ4v) is 5.76. The molecule has 2 fully saturated rings. The van der Waals surface area contributed by atoms with Gasteiger partial charge in [0.15, 0.2) is 0 Å². The second-order valence-corrected chi connectivity index (χ2v) is 9.87. The summed E-state index contributed by atoms with van der Waals surface area (Å²) in [7, 11) is 0. The van der Waals surface area contributed by atoms with Gasteiger partial charge in [-0.2, -0.15) is 0 Å². The number of piperidine rings is 1. The first-order chi connectivity index (χ1) is 13.5. The zero-order chi connectivity index (χ0) is 19.7. The molecule has 5 nitrogen and oxygen atoms in total. The SMILES string of the molecule is C[C@H]1C[C@H](C)CN(C(=O)[C@@H](C)N2CCN(Cc3nc4ccccc4s3)CC2)C1. The molecule has 0 N–H and O–H groups in total. The molecule has 0 unspecified atom stereocenters.